The number of carbonyl (C=O) groups is 1. The fourth-order valence-corrected chi connectivity index (χ4v) is 2.67. The number of carbonyl (C=O) groups excluding carboxylic acids is 1. The average molecular weight is 318 g/mol. The molecule has 4 nitrogen and oxygen atoms in total. The second kappa shape index (κ2) is 6.59. The highest BCUT2D eigenvalue weighted by Gasteiger charge is 2.17. The maximum atomic E-state index is 12.2. The highest BCUT2D eigenvalue weighted by molar-refractivity contribution is 8.13. The highest BCUT2D eigenvalue weighted by atomic mass is 35.7. The van der Waals surface area contributed by atoms with E-state index in [9.17, 15) is 13.2 Å². The summed E-state index contributed by atoms with van der Waals surface area (Å²) in [6, 6.07) is 4.40. The Balaban J connectivity index is 3.03. The monoisotopic (exact) mass is 317 g/mol. The van der Waals surface area contributed by atoms with Gasteiger partial charge in [-0.2, -0.15) is 0 Å². The van der Waals surface area contributed by atoms with Crippen molar-refractivity contribution >= 4 is 25.6 Å². The summed E-state index contributed by atoms with van der Waals surface area (Å²) in [6.07, 6.45) is 0.955. The van der Waals surface area contributed by atoms with Crippen LogP contribution in [0.4, 0.5) is 0 Å². The SMILES string of the molecule is CCC(C)C(C)NC(=O)c1cc(C)cc(S(=O)(=O)Cl)c1. The topological polar surface area (TPSA) is 63.2 Å². The van der Waals surface area contributed by atoms with Crippen molar-refractivity contribution in [1.82, 2.24) is 5.32 Å². The van der Waals surface area contributed by atoms with E-state index in [1.165, 1.54) is 12.1 Å². The molecule has 1 aromatic carbocycles. The van der Waals surface area contributed by atoms with Crippen LogP contribution >= 0.6 is 10.7 Å². The Hall–Kier alpha value is -1.07. The molecule has 1 N–H and O–H groups in total. The van der Waals surface area contributed by atoms with Crippen molar-refractivity contribution in [3.8, 4) is 0 Å². The Morgan fingerprint density at radius 3 is 2.40 bits per heavy atom. The van der Waals surface area contributed by atoms with Crippen molar-refractivity contribution in [2.45, 2.75) is 45.1 Å². The first kappa shape index (κ1) is 17.0. The second-order valence-corrected chi connectivity index (χ2v) is 7.69. The van der Waals surface area contributed by atoms with Crippen molar-refractivity contribution < 1.29 is 13.2 Å². The van der Waals surface area contributed by atoms with Crippen LogP contribution < -0.4 is 5.32 Å². The molecular weight excluding hydrogens is 298 g/mol. The van der Waals surface area contributed by atoms with Gasteiger partial charge in [0.2, 0.25) is 0 Å². The summed E-state index contributed by atoms with van der Waals surface area (Å²) >= 11 is 0. The number of nitrogens with one attached hydrogen (secondary N) is 1. The van der Waals surface area contributed by atoms with Gasteiger partial charge in [-0.15, -0.1) is 0 Å². The lowest BCUT2D eigenvalue weighted by atomic mass is 10.0. The Morgan fingerprint density at radius 1 is 1.30 bits per heavy atom. The number of hydrogen-bond donors (Lipinski definition) is 1. The summed E-state index contributed by atoms with van der Waals surface area (Å²) in [7, 11) is 1.49. The van der Waals surface area contributed by atoms with Crippen molar-refractivity contribution in [3.05, 3.63) is 29.3 Å². The van der Waals surface area contributed by atoms with Crippen LogP contribution in [0.15, 0.2) is 23.1 Å². The molecule has 0 spiro atoms. The molecule has 0 bridgehead atoms. The molecule has 0 aromatic heterocycles. The molecule has 1 rings (SSSR count). The van der Waals surface area contributed by atoms with Crippen LogP contribution in [0.3, 0.4) is 0 Å². The minimum atomic E-state index is -3.84. The molecule has 1 aromatic rings. The zero-order valence-corrected chi connectivity index (χ0v) is 13.7. The zero-order valence-electron chi connectivity index (χ0n) is 12.1. The first-order chi connectivity index (χ1) is 9.15. The van der Waals surface area contributed by atoms with Gasteiger partial charge in [0.05, 0.1) is 4.90 Å². The Labute approximate surface area is 124 Å². The van der Waals surface area contributed by atoms with Gasteiger partial charge in [0.25, 0.3) is 15.0 Å². The third-order valence-corrected chi connectivity index (χ3v) is 4.78. The quantitative estimate of drug-likeness (QED) is 0.849. The molecular formula is C14H20ClNO3S. The van der Waals surface area contributed by atoms with E-state index in [2.05, 4.69) is 19.2 Å². The van der Waals surface area contributed by atoms with Gasteiger partial charge in [0.1, 0.15) is 0 Å². The van der Waals surface area contributed by atoms with Gasteiger partial charge in [-0.1, -0.05) is 20.3 Å². The van der Waals surface area contributed by atoms with Crippen molar-refractivity contribution in [1.29, 1.82) is 0 Å². The number of rotatable bonds is 5. The fraction of sp³-hybridized carbons (Fsp3) is 0.500. The summed E-state index contributed by atoms with van der Waals surface area (Å²) < 4.78 is 22.7. The van der Waals surface area contributed by atoms with E-state index in [1.807, 2.05) is 6.92 Å². The van der Waals surface area contributed by atoms with Crippen LogP contribution in [0.5, 0.6) is 0 Å². The molecule has 0 saturated heterocycles. The standard InChI is InChI=1S/C14H20ClNO3S/c1-5-10(3)11(4)16-14(17)12-6-9(2)7-13(8-12)20(15,18)19/h6-8,10-11H,5H2,1-4H3,(H,16,17). The minimum absolute atomic E-state index is 0.0177. The van der Waals surface area contributed by atoms with Crippen molar-refractivity contribution in [3.63, 3.8) is 0 Å². The molecule has 0 aliphatic carbocycles. The summed E-state index contributed by atoms with van der Waals surface area (Å²) in [4.78, 5) is 12.1. The molecule has 2 unspecified atom stereocenters. The molecule has 0 saturated carbocycles. The van der Waals surface area contributed by atoms with Crippen LogP contribution in [0.2, 0.25) is 0 Å². The Morgan fingerprint density at radius 2 is 1.90 bits per heavy atom. The van der Waals surface area contributed by atoms with Gasteiger partial charge in [-0.05, 0) is 43.5 Å². The van der Waals surface area contributed by atoms with Gasteiger partial charge in [-0.3, -0.25) is 4.79 Å². The number of amides is 1. The normalized spacial score (nSPS) is 14.7. The molecule has 0 heterocycles. The van der Waals surface area contributed by atoms with E-state index in [4.69, 9.17) is 10.7 Å². The van der Waals surface area contributed by atoms with Gasteiger partial charge in [0.15, 0.2) is 0 Å². The smallest absolute Gasteiger partial charge is 0.261 e. The number of aryl methyl sites for hydroxylation is 1. The Bertz CT molecular complexity index is 598. The molecule has 112 valence electrons. The van der Waals surface area contributed by atoms with Gasteiger partial charge in [-0.25, -0.2) is 8.42 Å². The lowest BCUT2D eigenvalue weighted by molar-refractivity contribution is 0.0928. The van der Waals surface area contributed by atoms with Crippen LogP contribution in [0.1, 0.15) is 43.1 Å². The molecule has 6 heteroatoms. The molecule has 2 atom stereocenters. The molecule has 1 amide bonds. The summed E-state index contributed by atoms with van der Waals surface area (Å²) in [6.45, 7) is 7.76. The lowest BCUT2D eigenvalue weighted by Gasteiger charge is -2.20. The van der Waals surface area contributed by atoms with Crippen LogP contribution in [0.25, 0.3) is 0 Å². The minimum Gasteiger partial charge on any atom is -0.349 e. The maximum absolute atomic E-state index is 12.2. The highest BCUT2D eigenvalue weighted by Crippen LogP contribution is 2.19. The average Bonchev–Trinajstić information content (AvgIpc) is 2.35. The molecule has 20 heavy (non-hydrogen) atoms. The number of halogens is 1. The maximum Gasteiger partial charge on any atom is 0.261 e. The van der Waals surface area contributed by atoms with Crippen molar-refractivity contribution in [2.75, 3.05) is 0 Å². The first-order valence-corrected chi connectivity index (χ1v) is 8.83. The van der Waals surface area contributed by atoms with Crippen LogP contribution in [0, 0.1) is 12.8 Å². The number of hydrogen-bond acceptors (Lipinski definition) is 3. The largest absolute Gasteiger partial charge is 0.349 e. The van der Waals surface area contributed by atoms with E-state index < -0.39 is 9.05 Å². The van der Waals surface area contributed by atoms with E-state index in [0.717, 1.165) is 6.42 Å². The predicted molar refractivity (Wildman–Crippen MR) is 80.6 cm³/mol. The van der Waals surface area contributed by atoms with Gasteiger partial charge >= 0.3 is 0 Å². The van der Waals surface area contributed by atoms with E-state index >= 15 is 0 Å². The van der Waals surface area contributed by atoms with E-state index in [-0.39, 0.29) is 16.8 Å². The third-order valence-electron chi connectivity index (χ3n) is 3.45. The van der Waals surface area contributed by atoms with Crippen LogP contribution in [-0.2, 0) is 9.05 Å². The Kier molecular flexibility index (Phi) is 5.59. The molecule has 0 fully saturated rings. The van der Waals surface area contributed by atoms with Gasteiger partial charge < -0.3 is 5.32 Å². The zero-order chi connectivity index (χ0) is 15.5. The third kappa shape index (κ3) is 4.49. The fourth-order valence-electron chi connectivity index (χ4n) is 1.81. The van der Waals surface area contributed by atoms with E-state index in [1.54, 1.807) is 13.0 Å². The summed E-state index contributed by atoms with van der Waals surface area (Å²) in [5.41, 5.74) is 0.979. The van der Waals surface area contributed by atoms with Crippen LogP contribution in [-0.4, -0.2) is 20.4 Å². The summed E-state index contributed by atoms with van der Waals surface area (Å²) in [5, 5.41) is 2.88. The predicted octanol–water partition coefficient (Wildman–Crippen LogP) is 3.09. The van der Waals surface area contributed by atoms with Gasteiger partial charge in [0, 0.05) is 22.3 Å². The number of benzene rings is 1. The lowest BCUT2D eigenvalue weighted by Crippen LogP contribution is -2.36. The first-order valence-electron chi connectivity index (χ1n) is 6.52. The van der Waals surface area contributed by atoms with E-state index in [0.29, 0.717) is 17.0 Å². The molecule has 0 radical (unpaired) electrons. The molecule has 0 aliphatic heterocycles. The molecule has 0 aliphatic rings. The summed E-state index contributed by atoms with van der Waals surface area (Å²) in [5.74, 6) is 0.0584. The second-order valence-electron chi connectivity index (χ2n) is 5.12. The van der Waals surface area contributed by atoms with Crippen molar-refractivity contribution in [2.24, 2.45) is 5.92 Å².